The number of rotatable bonds is 4. The van der Waals surface area contributed by atoms with E-state index < -0.39 is 17.8 Å². The summed E-state index contributed by atoms with van der Waals surface area (Å²) in [6.07, 6.45) is 1.45. The number of hydrogen-bond donors (Lipinski definition) is 3. The molecule has 0 aliphatic carbocycles. The summed E-state index contributed by atoms with van der Waals surface area (Å²) < 4.78 is 13.5. The molecule has 1 amide bonds. The van der Waals surface area contributed by atoms with Gasteiger partial charge in [-0.05, 0) is 37.3 Å². The average molecular weight is 361 g/mol. The summed E-state index contributed by atoms with van der Waals surface area (Å²) in [7, 11) is 0. The Morgan fingerprint density at radius 1 is 1.36 bits per heavy atom. The van der Waals surface area contributed by atoms with Crippen LogP contribution < -0.4 is 16.6 Å². The van der Waals surface area contributed by atoms with Gasteiger partial charge in [-0.2, -0.15) is 0 Å². The van der Waals surface area contributed by atoms with Crippen molar-refractivity contribution >= 4 is 34.2 Å². The summed E-state index contributed by atoms with van der Waals surface area (Å²) in [5.74, 6) is -0.769. The van der Waals surface area contributed by atoms with Gasteiger partial charge in [-0.1, -0.05) is 11.6 Å². The number of carbonyl (C=O) groups excluding carboxylic acids is 1. The SMILES string of the molecule is CC(Nc1cc(C(N)=O)ccn1)c1cc2cc(Cl)c(F)cc2[nH]c1=O. The third kappa shape index (κ3) is 3.46. The van der Waals surface area contributed by atoms with Gasteiger partial charge in [0.2, 0.25) is 5.91 Å². The normalized spacial score (nSPS) is 12.1. The molecule has 3 aromatic rings. The van der Waals surface area contributed by atoms with E-state index in [0.29, 0.717) is 27.8 Å². The summed E-state index contributed by atoms with van der Waals surface area (Å²) in [4.78, 5) is 30.3. The smallest absolute Gasteiger partial charge is 0.253 e. The lowest BCUT2D eigenvalue weighted by atomic mass is 10.1. The Labute approximate surface area is 146 Å². The molecule has 0 aliphatic heterocycles. The minimum atomic E-state index is -0.601. The molecule has 4 N–H and O–H groups in total. The first kappa shape index (κ1) is 16.9. The maximum absolute atomic E-state index is 13.5. The molecule has 8 heteroatoms. The first-order valence-corrected chi connectivity index (χ1v) is 7.77. The number of amides is 1. The number of pyridine rings is 2. The third-order valence-corrected chi connectivity index (χ3v) is 4.08. The second-order valence-electron chi connectivity index (χ2n) is 5.57. The average Bonchev–Trinajstić information content (AvgIpc) is 2.56. The Kier molecular flexibility index (Phi) is 4.41. The van der Waals surface area contributed by atoms with E-state index in [1.807, 2.05) is 0 Å². The zero-order valence-corrected chi connectivity index (χ0v) is 13.9. The van der Waals surface area contributed by atoms with Crippen molar-refractivity contribution in [3.63, 3.8) is 0 Å². The molecule has 0 aliphatic rings. The Morgan fingerprint density at radius 3 is 2.84 bits per heavy atom. The van der Waals surface area contributed by atoms with Gasteiger partial charge < -0.3 is 16.0 Å². The standard InChI is InChI=1S/C17H14ClFN4O2/c1-8(22-15-6-9(16(20)24)2-3-21-15)11-4-10-5-12(18)13(19)7-14(10)23-17(11)25/h2-8H,1H3,(H2,20,24)(H,21,22)(H,23,25). The van der Waals surface area contributed by atoms with Crippen LogP contribution in [0, 0.1) is 5.82 Å². The molecule has 0 fully saturated rings. The summed E-state index contributed by atoms with van der Waals surface area (Å²) in [5, 5.41) is 3.62. The summed E-state index contributed by atoms with van der Waals surface area (Å²) in [5.41, 5.74) is 5.96. The van der Waals surface area contributed by atoms with Crippen LogP contribution in [-0.4, -0.2) is 15.9 Å². The number of carbonyl (C=O) groups is 1. The lowest BCUT2D eigenvalue weighted by Gasteiger charge is -2.15. The number of fused-ring (bicyclic) bond motifs is 1. The first-order valence-electron chi connectivity index (χ1n) is 7.39. The Morgan fingerprint density at radius 2 is 2.12 bits per heavy atom. The van der Waals surface area contributed by atoms with Gasteiger partial charge >= 0.3 is 0 Å². The molecule has 128 valence electrons. The second-order valence-corrected chi connectivity index (χ2v) is 5.97. The molecule has 1 aromatic carbocycles. The zero-order valence-electron chi connectivity index (χ0n) is 13.1. The van der Waals surface area contributed by atoms with E-state index in [1.54, 1.807) is 13.0 Å². The molecular weight excluding hydrogens is 347 g/mol. The number of benzene rings is 1. The number of nitrogens with one attached hydrogen (secondary N) is 2. The lowest BCUT2D eigenvalue weighted by Crippen LogP contribution is -2.20. The van der Waals surface area contributed by atoms with Crippen molar-refractivity contribution in [1.29, 1.82) is 0 Å². The van der Waals surface area contributed by atoms with Gasteiger partial charge in [0.15, 0.2) is 0 Å². The molecule has 0 bridgehead atoms. The van der Waals surface area contributed by atoms with E-state index in [0.717, 1.165) is 0 Å². The van der Waals surface area contributed by atoms with Crippen LogP contribution in [0.15, 0.2) is 41.3 Å². The number of nitrogens with zero attached hydrogens (tertiary/aromatic N) is 1. The number of H-pyrrole nitrogens is 1. The van der Waals surface area contributed by atoms with Crippen LogP contribution in [0.4, 0.5) is 10.2 Å². The van der Waals surface area contributed by atoms with E-state index in [2.05, 4.69) is 15.3 Å². The quantitative estimate of drug-likeness (QED) is 0.665. The van der Waals surface area contributed by atoms with E-state index >= 15 is 0 Å². The number of halogens is 2. The molecule has 0 saturated carbocycles. The minimum Gasteiger partial charge on any atom is -0.366 e. The van der Waals surface area contributed by atoms with Crippen LogP contribution in [-0.2, 0) is 0 Å². The molecule has 2 heterocycles. The monoisotopic (exact) mass is 360 g/mol. The van der Waals surface area contributed by atoms with Crippen LogP contribution in [0.3, 0.4) is 0 Å². The van der Waals surface area contributed by atoms with Crippen molar-refractivity contribution in [2.24, 2.45) is 5.73 Å². The van der Waals surface area contributed by atoms with Crippen molar-refractivity contribution in [3.8, 4) is 0 Å². The van der Waals surface area contributed by atoms with Gasteiger partial charge in [0.05, 0.1) is 16.6 Å². The van der Waals surface area contributed by atoms with Crippen molar-refractivity contribution in [2.45, 2.75) is 13.0 Å². The van der Waals surface area contributed by atoms with E-state index in [4.69, 9.17) is 17.3 Å². The van der Waals surface area contributed by atoms with Crippen molar-refractivity contribution in [3.05, 3.63) is 68.8 Å². The fraction of sp³-hybridized carbons (Fsp3) is 0.118. The highest BCUT2D eigenvalue weighted by Crippen LogP contribution is 2.23. The number of aromatic amines is 1. The highest BCUT2D eigenvalue weighted by Gasteiger charge is 2.14. The van der Waals surface area contributed by atoms with Gasteiger partial charge in [0, 0.05) is 22.7 Å². The Hall–Kier alpha value is -2.93. The summed E-state index contributed by atoms with van der Waals surface area (Å²) >= 11 is 5.80. The first-order chi connectivity index (χ1) is 11.8. The summed E-state index contributed by atoms with van der Waals surface area (Å²) in [6, 6.07) is 6.84. The van der Waals surface area contributed by atoms with Crippen LogP contribution in [0.5, 0.6) is 0 Å². The van der Waals surface area contributed by atoms with E-state index in [9.17, 15) is 14.0 Å². The van der Waals surface area contributed by atoms with Gasteiger partial charge in [-0.3, -0.25) is 9.59 Å². The van der Waals surface area contributed by atoms with Crippen LogP contribution in [0.1, 0.15) is 28.9 Å². The Bertz CT molecular complexity index is 1030. The largest absolute Gasteiger partial charge is 0.366 e. The fourth-order valence-electron chi connectivity index (χ4n) is 2.50. The maximum atomic E-state index is 13.5. The van der Waals surface area contributed by atoms with Gasteiger partial charge in [-0.15, -0.1) is 0 Å². The zero-order chi connectivity index (χ0) is 18.1. The number of anilines is 1. The molecule has 1 atom stereocenters. The molecule has 0 radical (unpaired) electrons. The topological polar surface area (TPSA) is 101 Å². The number of aromatic nitrogens is 2. The molecule has 0 spiro atoms. The van der Waals surface area contributed by atoms with Crippen LogP contribution >= 0.6 is 11.6 Å². The van der Waals surface area contributed by atoms with Crippen molar-refractivity contribution in [2.75, 3.05) is 5.32 Å². The highest BCUT2D eigenvalue weighted by molar-refractivity contribution is 6.31. The maximum Gasteiger partial charge on any atom is 0.253 e. The summed E-state index contributed by atoms with van der Waals surface area (Å²) in [6.45, 7) is 1.76. The molecule has 25 heavy (non-hydrogen) atoms. The molecule has 0 saturated heterocycles. The fourth-order valence-corrected chi connectivity index (χ4v) is 2.67. The number of primary amides is 1. The third-order valence-electron chi connectivity index (χ3n) is 3.79. The Balaban J connectivity index is 1.96. The van der Waals surface area contributed by atoms with Gasteiger partial charge in [0.1, 0.15) is 11.6 Å². The van der Waals surface area contributed by atoms with Crippen molar-refractivity contribution in [1.82, 2.24) is 9.97 Å². The van der Waals surface area contributed by atoms with E-state index in [-0.39, 0.29) is 10.6 Å². The highest BCUT2D eigenvalue weighted by atomic mass is 35.5. The number of hydrogen-bond acceptors (Lipinski definition) is 4. The molecular formula is C17H14ClFN4O2. The molecule has 1 unspecified atom stereocenters. The minimum absolute atomic E-state index is 0.0260. The van der Waals surface area contributed by atoms with Crippen LogP contribution in [0.2, 0.25) is 5.02 Å². The van der Waals surface area contributed by atoms with Gasteiger partial charge in [0.25, 0.3) is 5.56 Å². The lowest BCUT2D eigenvalue weighted by molar-refractivity contribution is 0.1000. The molecule has 6 nitrogen and oxygen atoms in total. The van der Waals surface area contributed by atoms with E-state index in [1.165, 1.54) is 30.5 Å². The predicted octanol–water partition coefficient (Wildman–Crippen LogP) is 2.99. The number of nitrogens with two attached hydrogens (primary N) is 1. The van der Waals surface area contributed by atoms with Crippen LogP contribution in [0.25, 0.3) is 10.9 Å². The van der Waals surface area contributed by atoms with Crippen molar-refractivity contribution < 1.29 is 9.18 Å². The molecule has 2 aromatic heterocycles. The second kappa shape index (κ2) is 6.52. The van der Waals surface area contributed by atoms with Gasteiger partial charge in [-0.25, -0.2) is 9.37 Å². The molecule has 3 rings (SSSR count). The predicted molar refractivity (Wildman–Crippen MR) is 94.3 cm³/mol.